The van der Waals surface area contributed by atoms with Crippen LogP contribution in [-0.2, 0) is 19.6 Å². The molecule has 2 rings (SSSR count). The van der Waals surface area contributed by atoms with E-state index >= 15 is 0 Å². The van der Waals surface area contributed by atoms with Gasteiger partial charge in [-0.05, 0) is 5.92 Å². The zero-order chi connectivity index (χ0) is 12.0. The van der Waals surface area contributed by atoms with Crippen molar-refractivity contribution < 1.29 is 0 Å². The van der Waals surface area contributed by atoms with Crippen LogP contribution in [0.5, 0.6) is 0 Å². The average molecular weight is 223 g/mol. The molecule has 0 aliphatic carbocycles. The molecule has 0 bridgehead atoms. The molecule has 0 spiro atoms. The Morgan fingerprint density at radius 3 is 2.56 bits per heavy atom. The fraction of sp³-hybridized carbons (Fsp3) is 0.769. The van der Waals surface area contributed by atoms with Crippen LogP contribution in [0.2, 0.25) is 0 Å². The van der Waals surface area contributed by atoms with Crippen molar-refractivity contribution in [3.63, 3.8) is 0 Å². The summed E-state index contributed by atoms with van der Waals surface area (Å²) in [6, 6.07) is 0. The lowest BCUT2D eigenvalue weighted by molar-refractivity contribution is 0.393. The van der Waals surface area contributed by atoms with Crippen LogP contribution in [0, 0.1) is 5.92 Å². The van der Waals surface area contributed by atoms with Crippen molar-refractivity contribution in [3.8, 4) is 0 Å². The lowest BCUT2D eigenvalue weighted by atomic mass is 10.0. The van der Waals surface area contributed by atoms with E-state index in [1.807, 2.05) is 13.8 Å². The maximum atomic E-state index is 4.58. The number of rotatable bonds is 4. The zero-order valence-corrected chi connectivity index (χ0v) is 11.1. The molecule has 1 aliphatic rings. The molecule has 0 amide bonds. The molecule has 3 heteroatoms. The summed E-state index contributed by atoms with van der Waals surface area (Å²) in [5.74, 6) is 0.781. The van der Waals surface area contributed by atoms with Gasteiger partial charge in [-0.1, -0.05) is 40.5 Å². The highest BCUT2D eigenvalue weighted by Gasteiger charge is 2.15. The van der Waals surface area contributed by atoms with Crippen molar-refractivity contribution in [2.75, 3.05) is 0 Å². The third-order valence-electron chi connectivity index (χ3n) is 3.13. The topological polar surface area (TPSA) is 29.9 Å². The van der Waals surface area contributed by atoms with Gasteiger partial charge >= 0.3 is 0 Å². The first-order chi connectivity index (χ1) is 7.83. The zero-order valence-electron chi connectivity index (χ0n) is 11.1. The molecule has 1 aromatic heterocycles. The Hall–Kier alpha value is -0.830. The van der Waals surface area contributed by atoms with E-state index in [0.29, 0.717) is 0 Å². The van der Waals surface area contributed by atoms with Crippen LogP contribution in [0.3, 0.4) is 0 Å². The highest BCUT2D eigenvalue weighted by molar-refractivity contribution is 5.20. The van der Waals surface area contributed by atoms with Crippen LogP contribution in [0.25, 0.3) is 0 Å². The summed E-state index contributed by atoms with van der Waals surface area (Å²) in [5.41, 5.74) is 2.63. The van der Waals surface area contributed by atoms with Crippen LogP contribution >= 0.6 is 0 Å². The predicted molar refractivity (Wildman–Crippen MR) is 68.2 cm³/mol. The molecular weight excluding hydrogens is 198 g/mol. The summed E-state index contributed by atoms with van der Waals surface area (Å²) in [6.07, 6.45) is 4.70. The fourth-order valence-corrected chi connectivity index (χ4v) is 2.02. The molecule has 1 N–H and O–H groups in total. The van der Waals surface area contributed by atoms with Gasteiger partial charge < -0.3 is 5.32 Å². The molecular formula is C13H25N3. The Labute approximate surface area is 99.2 Å². The predicted octanol–water partition coefficient (Wildman–Crippen LogP) is 2.95. The minimum absolute atomic E-state index is 0.781. The van der Waals surface area contributed by atoms with Crippen LogP contribution in [0.1, 0.15) is 51.8 Å². The van der Waals surface area contributed by atoms with Gasteiger partial charge in [0, 0.05) is 31.4 Å². The van der Waals surface area contributed by atoms with E-state index in [9.17, 15) is 0 Å². The number of aromatic nitrogens is 2. The third kappa shape index (κ3) is 3.08. The highest BCUT2D eigenvalue weighted by atomic mass is 15.3. The molecule has 0 radical (unpaired) electrons. The van der Waals surface area contributed by atoms with E-state index in [1.165, 1.54) is 24.1 Å². The van der Waals surface area contributed by atoms with Gasteiger partial charge in [0.15, 0.2) is 0 Å². The summed E-state index contributed by atoms with van der Waals surface area (Å²) in [7, 11) is 0. The Morgan fingerprint density at radius 2 is 2.00 bits per heavy atom. The maximum absolute atomic E-state index is 4.58. The lowest BCUT2D eigenvalue weighted by Crippen LogP contribution is -2.11. The Bertz CT molecular complexity index is 279. The molecule has 1 aliphatic heterocycles. The Kier molecular flexibility index (Phi) is 5.53. The van der Waals surface area contributed by atoms with Crippen molar-refractivity contribution >= 4 is 0 Å². The maximum Gasteiger partial charge on any atom is 0.0807 e. The van der Waals surface area contributed by atoms with Gasteiger partial charge in [-0.25, -0.2) is 0 Å². The van der Waals surface area contributed by atoms with Crippen LogP contribution in [0.4, 0.5) is 0 Å². The largest absolute Gasteiger partial charge is 0.307 e. The second-order valence-electron chi connectivity index (χ2n) is 4.11. The van der Waals surface area contributed by atoms with Crippen LogP contribution in [0.15, 0.2) is 6.20 Å². The molecule has 0 saturated heterocycles. The number of hydrogen-bond acceptors (Lipinski definition) is 2. The SMILES string of the molecule is CC.CCC(CC)Cn1cc2c(n1)CNC2. The first-order valence-corrected chi connectivity index (χ1v) is 6.59. The summed E-state index contributed by atoms with van der Waals surface area (Å²) in [6.45, 7) is 11.5. The van der Waals surface area contributed by atoms with Crippen molar-refractivity contribution in [2.24, 2.45) is 5.92 Å². The average Bonchev–Trinajstić information content (AvgIpc) is 2.89. The molecule has 0 fully saturated rings. The second-order valence-corrected chi connectivity index (χ2v) is 4.11. The standard InChI is InChI=1S/C11H19N3.C2H6/c1-3-9(4-2)7-14-8-10-5-12-6-11(10)13-14;1-2/h8-9,12H,3-7H2,1-2H3;1-2H3. The van der Waals surface area contributed by atoms with Gasteiger partial charge in [-0.3, -0.25) is 4.68 Å². The van der Waals surface area contributed by atoms with Crippen LogP contribution < -0.4 is 5.32 Å². The molecule has 2 heterocycles. The lowest BCUT2D eigenvalue weighted by Gasteiger charge is -2.11. The smallest absolute Gasteiger partial charge is 0.0807 e. The quantitative estimate of drug-likeness (QED) is 0.850. The number of hydrogen-bond donors (Lipinski definition) is 1. The molecule has 0 unspecified atom stereocenters. The van der Waals surface area contributed by atoms with E-state index in [-0.39, 0.29) is 0 Å². The van der Waals surface area contributed by atoms with E-state index < -0.39 is 0 Å². The monoisotopic (exact) mass is 223 g/mol. The van der Waals surface area contributed by atoms with Gasteiger partial charge in [-0.15, -0.1) is 0 Å². The Balaban J connectivity index is 0.000000606. The number of fused-ring (bicyclic) bond motifs is 1. The summed E-state index contributed by atoms with van der Waals surface area (Å²) in [5, 5.41) is 7.88. The van der Waals surface area contributed by atoms with Crippen molar-refractivity contribution in [3.05, 3.63) is 17.5 Å². The molecule has 0 atom stereocenters. The van der Waals surface area contributed by atoms with Gasteiger partial charge in [0.05, 0.1) is 5.69 Å². The third-order valence-corrected chi connectivity index (χ3v) is 3.13. The normalized spacial score (nSPS) is 13.6. The number of nitrogens with one attached hydrogen (secondary N) is 1. The van der Waals surface area contributed by atoms with E-state index in [4.69, 9.17) is 0 Å². The first kappa shape index (κ1) is 13.2. The van der Waals surface area contributed by atoms with Crippen molar-refractivity contribution in [1.29, 1.82) is 0 Å². The molecule has 3 nitrogen and oxygen atoms in total. The minimum Gasteiger partial charge on any atom is -0.307 e. The van der Waals surface area contributed by atoms with Crippen LogP contribution in [-0.4, -0.2) is 9.78 Å². The summed E-state index contributed by atoms with van der Waals surface area (Å²) < 4.78 is 2.13. The van der Waals surface area contributed by atoms with E-state index in [0.717, 1.165) is 25.6 Å². The molecule has 16 heavy (non-hydrogen) atoms. The van der Waals surface area contributed by atoms with E-state index in [1.54, 1.807) is 0 Å². The fourth-order valence-electron chi connectivity index (χ4n) is 2.02. The van der Waals surface area contributed by atoms with Crippen molar-refractivity contribution in [1.82, 2.24) is 15.1 Å². The van der Waals surface area contributed by atoms with Gasteiger partial charge in [0.1, 0.15) is 0 Å². The molecule has 1 aromatic rings. The second kappa shape index (κ2) is 6.69. The number of nitrogens with zero attached hydrogens (tertiary/aromatic N) is 2. The molecule has 0 saturated carbocycles. The summed E-state index contributed by atoms with van der Waals surface area (Å²) >= 11 is 0. The van der Waals surface area contributed by atoms with Gasteiger partial charge in [-0.2, -0.15) is 5.10 Å². The minimum atomic E-state index is 0.781. The molecule has 92 valence electrons. The molecule has 0 aromatic carbocycles. The van der Waals surface area contributed by atoms with Gasteiger partial charge in [0.25, 0.3) is 0 Å². The summed E-state index contributed by atoms with van der Waals surface area (Å²) in [4.78, 5) is 0. The first-order valence-electron chi connectivity index (χ1n) is 6.59. The highest BCUT2D eigenvalue weighted by Crippen LogP contribution is 2.15. The van der Waals surface area contributed by atoms with E-state index in [2.05, 4.69) is 35.1 Å². The van der Waals surface area contributed by atoms with Crippen molar-refractivity contribution in [2.45, 2.75) is 60.2 Å². The van der Waals surface area contributed by atoms with Gasteiger partial charge in [0.2, 0.25) is 0 Å². The Morgan fingerprint density at radius 1 is 1.31 bits per heavy atom.